The molecule has 0 aliphatic heterocycles. The second kappa shape index (κ2) is 10.4. The highest BCUT2D eigenvalue weighted by Gasteiger charge is 2.29. The van der Waals surface area contributed by atoms with Crippen LogP contribution >= 0.6 is 11.3 Å². The molecular weight excluding hydrogens is 432 g/mol. The van der Waals surface area contributed by atoms with Crippen molar-refractivity contribution in [3.63, 3.8) is 0 Å². The maximum Gasteiger partial charge on any atom is 0.341 e. The molecule has 172 valence electrons. The Morgan fingerprint density at radius 3 is 2.00 bits per heavy atom. The summed E-state index contributed by atoms with van der Waals surface area (Å²) in [6, 6.07) is 6.27. The van der Waals surface area contributed by atoms with E-state index in [9.17, 15) is 19.2 Å². The van der Waals surface area contributed by atoms with Crippen LogP contribution in [-0.4, -0.2) is 37.0 Å². The number of amides is 2. The van der Waals surface area contributed by atoms with Gasteiger partial charge in [-0.25, -0.2) is 9.59 Å². The van der Waals surface area contributed by atoms with Gasteiger partial charge in [0.25, 0.3) is 5.91 Å². The zero-order valence-corrected chi connectivity index (χ0v) is 19.9. The van der Waals surface area contributed by atoms with Crippen molar-refractivity contribution in [3.8, 4) is 0 Å². The summed E-state index contributed by atoms with van der Waals surface area (Å²) >= 11 is 1.01. The van der Waals surface area contributed by atoms with E-state index in [2.05, 4.69) is 10.6 Å². The molecule has 2 amide bonds. The van der Waals surface area contributed by atoms with Crippen LogP contribution in [0.25, 0.3) is 0 Å². The number of hydrogen-bond acceptors (Lipinski definition) is 7. The van der Waals surface area contributed by atoms with Crippen molar-refractivity contribution in [2.45, 2.75) is 41.5 Å². The number of anilines is 2. The van der Waals surface area contributed by atoms with E-state index in [-0.39, 0.29) is 34.6 Å². The first-order valence-corrected chi connectivity index (χ1v) is 11.0. The number of esters is 2. The quantitative estimate of drug-likeness (QED) is 0.582. The molecular formula is C23H28N2O6S. The Morgan fingerprint density at radius 2 is 1.47 bits per heavy atom. The molecule has 2 rings (SSSR count). The summed E-state index contributed by atoms with van der Waals surface area (Å²) in [6.45, 7) is 10.7. The third kappa shape index (κ3) is 5.94. The molecule has 1 aromatic carbocycles. The smallest absolute Gasteiger partial charge is 0.341 e. The number of carbonyl (C=O) groups is 4. The second-order valence-electron chi connectivity index (χ2n) is 7.94. The highest BCUT2D eigenvalue weighted by molar-refractivity contribution is 7.19. The summed E-state index contributed by atoms with van der Waals surface area (Å²) in [5.74, 6) is -1.79. The number of nitrogens with one attached hydrogen (secondary N) is 2. The molecule has 0 unspecified atom stereocenters. The van der Waals surface area contributed by atoms with Crippen molar-refractivity contribution in [3.05, 3.63) is 45.8 Å². The van der Waals surface area contributed by atoms with Crippen molar-refractivity contribution in [1.29, 1.82) is 0 Å². The molecule has 0 saturated heterocycles. The fourth-order valence-electron chi connectivity index (χ4n) is 2.65. The standard InChI is InChI=1S/C23H28N2O6S/c1-7-30-20(27)14-9-11-15(12-10-14)24-18(26)17-13(3)16(21(28)31-8-2)19(32-17)25-22(29)23(4,5)6/h9-12H,7-8H2,1-6H3,(H,24,26)(H,25,29). The van der Waals surface area contributed by atoms with Crippen LogP contribution < -0.4 is 10.6 Å². The number of hydrogen-bond donors (Lipinski definition) is 2. The van der Waals surface area contributed by atoms with E-state index in [0.29, 0.717) is 16.8 Å². The predicted molar refractivity (Wildman–Crippen MR) is 123 cm³/mol. The lowest BCUT2D eigenvalue weighted by Gasteiger charge is -2.17. The first-order chi connectivity index (χ1) is 15.0. The van der Waals surface area contributed by atoms with E-state index in [4.69, 9.17) is 9.47 Å². The van der Waals surface area contributed by atoms with Gasteiger partial charge >= 0.3 is 11.9 Å². The lowest BCUT2D eigenvalue weighted by Crippen LogP contribution is -2.28. The highest BCUT2D eigenvalue weighted by Crippen LogP contribution is 2.35. The van der Waals surface area contributed by atoms with Crippen LogP contribution in [0.3, 0.4) is 0 Å². The molecule has 8 nitrogen and oxygen atoms in total. The van der Waals surface area contributed by atoms with Crippen molar-refractivity contribution in [2.75, 3.05) is 23.8 Å². The summed E-state index contributed by atoms with van der Waals surface area (Å²) in [4.78, 5) is 50.0. The first kappa shape index (κ1) is 25.1. The van der Waals surface area contributed by atoms with Crippen LogP contribution in [-0.2, 0) is 14.3 Å². The molecule has 2 aromatic rings. The normalized spacial score (nSPS) is 10.9. The molecule has 0 aliphatic rings. The van der Waals surface area contributed by atoms with Crippen molar-refractivity contribution in [1.82, 2.24) is 0 Å². The minimum absolute atomic E-state index is 0.162. The second-order valence-corrected chi connectivity index (χ2v) is 8.96. The summed E-state index contributed by atoms with van der Waals surface area (Å²) < 4.78 is 10.1. The summed E-state index contributed by atoms with van der Waals surface area (Å²) in [5.41, 5.74) is 0.728. The Kier molecular flexibility index (Phi) is 8.15. The molecule has 0 bridgehead atoms. The van der Waals surface area contributed by atoms with E-state index < -0.39 is 23.3 Å². The number of benzene rings is 1. The minimum atomic E-state index is -0.688. The van der Waals surface area contributed by atoms with E-state index in [1.54, 1.807) is 65.8 Å². The number of thiophene rings is 1. The lowest BCUT2D eigenvalue weighted by atomic mass is 9.96. The van der Waals surface area contributed by atoms with E-state index in [1.165, 1.54) is 0 Å². The van der Waals surface area contributed by atoms with Crippen LogP contribution in [0.2, 0.25) is 0 Å². The van der Waals surface area contributed by atoms with Gasteiger partial charge in [0.15, 0.2) is 0 Å². The monoisotopic (exact) mass is 460 g/mol. The Bertz CT molecular complexity index is 1020. The molecule has 32 heavy (non-hydrogen) atoms. The molecule has 9 heteroatoms. The van der Waals surface area contributed by atoms with Gasteiger partial charge in [-0.3, -0.25) is 9.59 Å². The van der Waals surface area contributed by atoms with Crippen molar-refractivity contribution >= 4 is 45.8 Å². The van der Waals surface area contributed by atoms with Gasteiger partial charge in [-0.1, -0.05) is 20.8 Å². The Morgan fingerprint density at radius 1 is 0.906 bits per heavy atom. The largest absolute Gasteiger partial charge is 0.462 e. The van der Waals surface area contributed by atoms with Crippen LogP contribution in [0.15, 0.2) is 24.3 Å². The fourth-order valence-corrected chi connectivity index (χ4v) is 3.73. The lowest BCUT2D eigenvalue weighted by molar-refractivity contribution is -0.123. The Balaban J connectivity index is 2.32. The van der Waals surface area contributed by atoms with Crippen molar-refractivity contribution in [2.24, 2.45) is 5.41 Å². The molecule has 1 heterocycles. The van der Waals surface area contributed by atoms with Gasteiger partial charge in [0, 0.05) is 11.1 Å². The van der Waals surface area contributed by atoms with Gasteiger partial charge in [0.2, 0.25) is 5.91 Å². The molecule has 2 N–H and O–H groups in total. The molecule has 0 spiro atoms. The summed E-state index contributed by atoms with van der Waals surface area (Å²) in [6.07, 6.45) is 0. The third-order valence-electron chi connectivity index (χ3n) is 4.39. The maximum absolute atomic E-state index is 12.9. The van der Waals surface area contributed by atoms with Gasteiger partial charge in [0.1, 0.15) is 5.00 Å². The fraction of sp³-hybridized carbons (Fsp3) is 0.391. The summed E-state index contributed by atoms with van der Waals surface area (Å²) in [5, 5.41) is 5.76. The van der Waals surface area contributed by atoms with E-state index in [1.807, 2.05) is 0 Å². The SMILES string of the molecule is CCOC(=O)c1ccc(NC(=O)c2sc(NC(=O)C(C)(C)C)c(C(=O)OCC)c2C)cc1. The first-order valence-electron chi connectivity index (χ1n) is 10.2. The highest BCUT2D eigenvalue weighted by atomic mass is 32.1. The predicted octanol–water partition coefficient (Wildman–Crippen LogP) is 4.65. The summed E-state index contributed by atoms with van der Waals surface area (Å²) in [7, 11) is 0. The van der Waals surface area contributed by atoms with E-state index in [0.717, 1.165) is 11.3 Å². The molecule has 0 fully saturated rings. The average molecular weight is 461 g/mol. The van der Waals surface area contributed by atoms with Gasteiger partial charge < -0.3 is 20.1 Å². The number of carbonyl (C=O) groups excluding carboxylic acids is 4. The zero-order chi connectivity index (χ0) is 24.1. The van der Waals surface area contributed by atoms with Crippen LogP contribution in [0.1, 0.15) is 70.6 Å². The molecule has 0 saturated carbocycles. The van der Waals surface area contributed by atoms with Gasteiger partial charge in [-0.15, -0.1) is 11.3 Å². The minimum Gasteiger partial charge on any atom is -0.462 e. The number of ether oxygens (including phenoxy) is 2. The number of rotatable bonds is 7. The van der Waals surface area contributed by atoms with Gasteiger partial charge in [-0.05, 0) is 50.6 Å². The third-order valence-corrected chi connectivity index (χ3v) is 5.60. The van der Waals surface area contributed by atoms with Crippen molar-refractivity contribution < 1.29 is 28.7 Å². The zero-order valence-electron chi connectivity index (χ0n) is 19.1. The average Bonchev–Trinajstić information content (AvgIpc) is 3.04. The maximum atomic E-state index is 12.9. The van der Waals surface area contributed by atoms with Gasteiger partial charge in [0.05, 0.1) is 29.2 Å². The van der Waals surface area contributed by atoms with Crippen LogP contribution in [0.4, 0.5) is 10.7 Å². The van der Waals surface area contributed by atoms with Crippen LogP contribution in [0.5, 0.6) is 0 Å². The van der Waals surface area contributed by atoms with Gasteiger partial charge in [-0.2, -0.15) is 0 Å². The molecule has 0 atom stereocenters. The molecule has 0 radical (unpaired) electrons. The Labute approximate surface area is 191 Å². The molecule has 1 aromatic heterocycles. The molecule has 0 aliphatic carbocycles. The Hall–Kier alpha value is -3.20. The van der Waals surface area contributed by atoms with Crippen LogP contribution in [0, 0.1) is 12.3 Å². The topological polar surface area (TPSA) is 111 Å². The van der Waals surface area contributed by atoms with E-state index >= 15 is 0 Å².